The number of anilines is 1. The van der Waals surface area contributed by atoms with Crippen LogP contribution in [0.2, 0.25) is 0 Å². The number of benzene rings is 1. The van der Waals surface area contributed by atoms with Gasteiger partial charge in [-0.05, 0) is 31.9 Å². The standard InChI is InChI=1S/C15H21NO3/c1-11(17)14-7-6-13(16-12-4-5-12)10-15(14)19-9-3-8-18-2/h6-7,10,12,16H,3-5,8-9H2,1-2H3. The second kappa shape index (κ2) is 6.57. The molecule has 0 unspecified atom stereocenters. The first-order valence-corrected chi connectivity index (χ1v) is 6.74. The van der Waals surface area contributed by atoms with Crippen LogP contribution in [-0.4, -0.2) is 32.1 Å². The van der Waals surface area contributed by atoms with Gasteiger partial charge in [0.2, 0.25) is 0 Å². The molecule has 1 aromatic carbocycles. The van der Waals surface area contributed by atoms with Crippen LogP contribution in [0.4, 0.5) is 5.69 Å². The van der Waals surface area contributed by atoms with Crippen LogP contribution >= 0.6 is 0 Å². The molecule has 104 valence electrons. The van der Waals surface area contributed by atoms with Gasteiger partial charge in [0.05, 0.1) is 12.2 Å². The summed E-state index contributed by atoms with van der Waals surface area (Å²) >= 11 is 0. The molecule has 0 aliphatic heterocycles. The zero-order chi connectivity index (χ0) is 13.7. The van der Waals surface area contributed by atoms with E-state index in [0.29, 0.717) is 30.6 Å². The van der Waals surface area contributed by atoms with Crippen LogP contribution in [-0.2, 0) is 4.74 Å². The van der Waals surface area contributed by atoms with Crippen LogP contribution in [0.5, 0.6) is 5.75 Å². The molecule has 4 nitrogen and oxygen atoms in total. The molecular formula is C15H21NO3. The number of carbonyl (C=O) groups is 1. The van der Waals surface area contributed by atoms with Crippen molar-refractivity contribution in [3.63, 3.8) is 0 Å². The second-order valence-electron chi connectivity index (χ2n) is 4.88. The summed E-state index contributed by atoms with van der Waals surface area (Å²) in [5.41, 5.74) is 1.66. The normalized spacial score (nSPS) is 14.2. The Morgan fingerprint density at radius 1 is 1.37 bits per heavy atom. The predicted octanol–water partition coefficient (Wildman–Crippen LogP) is 2.88. The minimum atomic E-state index is 0.0275. The first-order chi connectivity index (χ1) is 9.20. The van der Waals surface area contributed by atoms with Crippen LogP contribution in [0.25, 0.3) is 0 Å². The molecule has 1 saturated carbocycles. The number of carbonyl (C=O) groups excluding carboxylic acids is 1. The van der Waals surface area contributed by atoms with Crippen molar-refractivity contribution in [2.75, 3.05) is 25.6 Å². The average molecular weight is 263 g/mol. The first-order valence-electron chi connectivity index (χ1n) is 6.74. The third-order valence-electron chi connectivity index (χ3n) is 3.06. The third kappa shape index (κ3) is 4.24. The van der Waals surface area contributed by atoms with Crippen molar-refractivity contribution >= 4 is 11.5 Å². The van der Waals surface area contributed by atoms with Crippen molar-refractivity contribution in [2.24, 2.45) is 0 Å². The van der Waals surface area contributed by atoms with Crippen molar-refractivity contribution in [3.05, 3.63) is 23.8 Å². The summed E-state index contributed by atoms with van der Waals surface area (Å²) in [4.78, 5) is 11.6. The van der Waals surface area contributed by atoms with E-state index in [1.165, 1.54) is 12.8 Å². The maximum atomic E-state index is 11.6. The van der Waals surface area contributed by atoms with E-state index < -0.39 is 0 Å². The number of hydrogen-bond donors (Lipinski definition) is 1. The quantitative estimate of drug-likeness (QED) is 0.578. The molecule has 1 N–H and O–H groups in total. The van der Waals surface area contributed by atoms with Gasteiger partial charge < -0.3 is 14.8 Å². The smallest absolute Gasteiger partial charge is 0.163 e. The van der Waals surface area contributed by atoms with Gasteiger partial charge in [-0.2, -0.15) is 0 Å². The molecule has 0 heterocycles. The monoisotopic (exact) mass is 263 g/mol. The molecule has 4 heteroatoms. The average Bonchev–Trinajstić information content (AvgIpc) is 3.18. The first kappa shape index (κ1) is 13.9. The van der Waals surface area contributed by atoms with Crippen LogP contribution in [0.3, 0.4) is 0 Å². The van der Waals surface area contributed by atoms with Gasteiger partial charge in [-0.15, -0.1) is 0 Å². The van der Waals surface area contributed by atoms with E-state index in [1.54, 1.807) is 14.0 Å². The molecule has 0 saturated heterocycles. The zero-order valence-electron chi connectivity index (χ0n) is 11.6. The highest BCUT2D eigenvalue weighted by molar-refractivity contribution is 5.97. The lowest BCUT2D eigenvalue weighted by atomic mass is 10.1. The van der Waals surface area contributed by atoms with Gasteiger partial charge in [0, 0.05) is 37.9 Å². The second-order valence-corrected chi connectivity index (χ2v) is 4.88. The highest BCUT2D eigenvalue weighted by Crippen LogP contribution is 2.29. The van der Waals surface area contributed by atoms with Crippen LogP contribution in [0.15, 0.2) is 18.2 Å². The number of nitrogens with one attached hydrogen (secondary N) is 1. The lowest BCUT2D eigenvalue weighted by Gasteiger charge is -2.12. The van der Waals surface area contributed by atoms with Crippen LogP contribution < -0.4 is 10.1 Å². The fraction of sp³-hybridized carbons (Fsp3) is 0.533. The largest absolute Gasteiger partial charge is 0.493 e. The van der Waals surface area contributed by atoms with Gasteiger partial charge in [0.15, 0.2) is 5.78 Å². The number of ether oxygens (including phenoxy) is 2. The summed E-state index contributed by atoms with van der Waals surface area (Å²) < 4.78 is 10.7. The van der Waals surface area contributed by atoms with E-state index in [9.17, 15) is 4.79 Å². The van der Waals surface area contributed by atoms with E-state index in [2.05, 4.69) is 5.32 Å². The van der Waals surface area contributed by atoms with Crippen molar-refractivity contribution in [2.45, 2.75) is 32.2 Å². The van der Waals surface area contributed by atoms with Crippen molar-refractivity contribution in [3.8, 4) is 5.75 Å². The number of methoxy groups -OCH3 is 1. The summed E-state index contributed by atoms with van der Waals surface area (Å²) in [6.07, 6.45) is 3.26. The van der Waals surface area contributed by atoms with E-state index in [1.807, 2.05) is 18.2 Å². The van der Waals surface area contributed by atoms with Crippen molar-refractivity contribution in [1.82, 2.24) is 0 Å². The Balaban J connectivity index is 2.03. The summed E-state index contributed by atoms with van der Waals surface area (Å²) in [7, 11) is 1.67. The molecule has 0 amide bonds. The predicted molar refractivity (Wildman–Crippen MR) is 75.1 cm³/mol. The van der Waals surface area contributed by atoms with E-state index in [0.717, 1.165) is 12.1 Å². The third-order valence-corrected chi connectivity index (χ3v) is 3.06. The van der Waals surface area contributed by atoms with Gasteiger partial charge in [0.25, 0.3) is 0 Å². The van der Waals surface area contributed by atoms with Gasteiger partial charge >= 0.3 is 0 Å². The number of Topliss-reactive ketones (excluding diaryl/α,β-unsaturated/α-hetero) is 1. The molecular weight excluding hydrogens is 242 g/mol. The summed E-state index contributed by atoms with van der Waals surface area (Å²) in [5.74, 6) is 0.689. The van der Waals surface area contributed by atoms with Gasteiger partial charge in [-0.25, -0.2) is 0 Å². The molecule has 1 aromatic rings. The summed E-state index contributed by atoms with van der Waals surface area (Å²) in [6, 6.07) is 6.28. The molecule has 0 atom stereocenters. The molecule has 0 aromatic heterocycles. The molecule has 1 aliphatic carbocycles. The zero-order valence-corrected chi connectivity index (χ0v) is 11.6. The van der Waals surface area contributed by atoms with Gasteiger partial charge in [-0.3, -0.25) is 4.79 Å². The molecule has 1 fully saturated rings. The maximum Gasteiger partial charge on any atom is 0.163 e. The minimum absolute atomic E-state index is 0.0275. The Bertz CT molecular complexity index is 441. The topological polar surface area (TPSA) is 47.6 Å². The van der Waals surface area contributed by atoms with Crippen molar-refractivity contribution in [1.29, 1.82) is 0 Å². The Kier molecular flexibility index (Phi) is 4.80. The molecule has 0 spiro atoms. The summed E-state index contributed by atoms with van der Waals surface area (Å²) in [6.45, 7) is 2.78. The highest BCUT2D eigenvalue weighted by atomic mass is 16.5. The Morgan fingerprint density at radius 3 is 2.79 bits per heavy atom. The molecule has 0 radical (unpaired) electrons. The molecule has 0 bridgehead atoms. The van der Waals surface area contributed by atoms with Gasteiger partial charge in [0.1, 0.15) is 5.75 Å². The van der Waals surface area contributed by atoms with E-state index >= 15 is 0 Å². The SMILES string of the molecule is COCCCOc1cc(NC2CC2)ccc1C(C)=O. The Labute approximate surface area is 114 Å². The lowest BCUT2D eigenvalue weighted by Crippen LogP contribution is -2.07. The fourth-order valence-electron chi connectivity index (χ4n) is 1.87. The van der Waals surface area contributed by atoms with Crippen LogP contribution in [0, 0.1) is 0 Å². The van der Waals surface area contributed by atoms with E-state index in [-0.39, 0.29) is 5.78 Å². The minimum Gasteiger partial charge on any atom is -0.493 e. The highest BCUT2D eigenvalue weighted by Gasteiger charge is 2.21. The Hall–Kier alpha value is -1.55. The number of rotatable bonds is 8. The fourth-order valence-corrected chi connectivity index (χ4v) is 1.87. The van der Waals surface area contributed by atoms with E-state index in [4.69, 9.17) is 9.47 Å². The molecule has 2 rings (SSSR count). The Morgan fingerprint density at radius 2 is 2.16 bits per heavy atom. The number of ketones is 1. The van der Waals surface area contributed by atoms with Crippen LogP contribution in [0.1, 0.15) is 36.5 Å². The molecule has 19 heavy (non-hydrogen) atoms. The van der Waals surface area contributed by atoms with Gasteiger partial charge in [-0.1, -0.05) is 0 Å². The number of hydrogen-bond acceptors (Lipinski definition) is 4. The maximum absolute atomic E-state index is 11.6. The summed E-state index contributed by atoms with van der Waals surface area (Å²) in [5, 5.41) is 3.41. The lowest BCUT2D eigenvalue weighted by molar-refractivity contribution is 0.101. The van der Waals surface area contributed by atoms with Crippen molar-refractivity contribution < 1.29 is 14.3 Å². The molecule has 1 aliphatic rings.